The van der Waals surface area contributed by atoms with Gasteiger partial charge in [-0.05, 0) is 18.2 Å². The van der Waals surface area contributed by atoms with Gasteiger partial charge in [-0.1, -0.05) is 11.3 Å². The van der Waals surface area contributed by atoms with Crippen molar-refractivity contribution in [2.75, 3.05) is 5.73 Å². The third-order valence-corrected chi connectivity index (χ3v) is 2.21. The normalized spacial score (nSPS) is 10.6. The number of halogens is 1. The maximum atomic E-state index is 12.6. The van der Waals surface area contributed by atoms with Crippen molar-refractivity contribution in [1.82, 2.24) is 4.98 Å². The zero-order valence-corrected chi connectivity index (χ0v) is 6.36. The summed E-state index contributed by atoms with van der Waals surface area (Å²) in [5.74, 6) is -0.249. The molecule has 0 atom stereocenters. The fourth-order valence-corrected chi connectivity index (χ4v) is 1.68. The Labute approximate surface area is 66.5 Å². The van der Waals surface area contributed by atoms with Crippen LogP contribution in [0.4, 0.5) is 9.52 Å². The molecule has 1 aromatic carbocycles. The van der Waals surface area contributed by atoms with Crippen molar-refractivity contribution in [1.29, 1.82) is 0 Å². The molecule has 0 amide bonds. The lowest BCUT2D eigenvalue weighted by Gasteiger charge is -1.85. The van der Waals surface area contributed by atoms with E-state index < -0.39 is 0 Å². The molecular formula is C7H5FN2S. The molecule has 0 aliphatic rings. The van der Waals surface area contributed by atoms with Gasteiger partial charge < -0.3 is 5.73 Å². The number of benzene rings is 1. The predicted octanol–water partition coefficient (Wildman–Crippen LogP) is 2.02. The van der Waals surface area contributed by atoms with Crippen LogP contribution in [0.3, 0.4) is 0 Å². The standard InChI is InChI=1S/C7H5FN2S/c8-4-1-2-5-6(3-4)11-7(9)10-5/h1-3H,(H2,9,10)/i8-1. The van der Waals surface area contributed by atoms with Crippen molar-refractivity contribution in [3.8, 4) is 0 Å². The van der Waals surface area contributed by atoms with Gasteiger partial charge in [0, 0.05) is 0 Å². The number of hydrogen-bond donors (Lipinski definition) is 1. The molecule has 0 fully saturated rings. The quantitative estimate of drug-likeness (QED) is 0.652. The first-order valence-electron chi connectivity index (χ1n) is 3.07. The molecule has 2 N–H and O–H groups in total. The van der Waals surface area contributed by atoms with E-state index in [1.54, 1.807) is 6.07 Å². The van der Waals surface area contributed by atoms with Crippen molar-refractivity contribution >= 4 is 26.7 Å². The minimum Gasteiger partial charge on any atom is -0.375 e. The van der Waals surface area contributed by atoms with Gasteiger partial charge in [0.2, 0.25) is 0 Å². The summed E-state index contributed by atoms with van der Waals surface area (Å²) in [4.78, 5) is 3.98. The number of aromatic nitrogens is 1. The predicted molar refractivity (Wildman–Crippen MR) is 44.0 cm³/mol. The summed E-state index contributed by atoms with van der Waals surface area (Å²) in [5.41, 5.74) is 6.18. The average molecular weight is 167 g/mol. The summed E-state index contributed by atoms with van der Waals surface area (Å²) in [6.07, 6.45) is 0. The number of rotatable bonds is 0. The van der Waals surface area contributed by atoms with Crippen LogP contribution in [0.15, 0.2) is 18.2 Å². The summed E-state index contributed by atoms with van der Waals surface area (Å²) in [6, 6.07) is 4.43. The van der Waals surface area contributed by atoms with Gasteiger partial charge in [-0.2, -0.15) is 0 Å². The van der Waals surface area contributed by atoms with Crippen LogP contribution in [0.5, 0.6) is 0 Å². The second-order valence-corrected chi connectivity index (χ2v) is 3.23. The minimum absolute atomic E-state index is 0.249. The van der Waals surface area contributed by atoms with Gasteiger partial charge in [-0.25, -0.2) is 9.37 Å². The molecule has 0 saturated heterocycles. The van der Waals surface area contributed by atoms with Gasteiger partial charge in [0.05, 0.1) is 10.2 Å². The molecule has 4 heteroatoms. The Morgan fingerprint density at radius 3 is 3.09 bits per heavy atom. The largest absolute Gasteiger partial charge is 0.375 e. The molecule has 0 spiro atoms. The summed E-state index contributed by atoms with van der Waals surface area (Å²) in [7, 11) is 0. The molecule has 1 heterocycles. The van der Waals surface area contributed by atoms with Gasteiger partial charge in [0.15, 0.2) is 5.13 Å². The Bertz CT molecular complexity index is 396. The summed E-state index contributed by atoms with van der Waals surface area (Å²) in [6.45, 7) is 0. The molecule has 11 heavy (non-hydrogen) atoms. The van der Waals surface area contributed by atoms with E-state index in [0.717, 1.165) is 10.2 Å². The van der Waals surface area contributed by atoms with Crippen LogP contribution in [0.25, 0.3) is 10.2 Å². The molecule has 2 aromatic rings. The third kappa shape index (κ3) is 1.05. The van der Waals surface area contributed by atoms with Crippen molar-refractivity contribution in [2.24, 2.45) is 0 Å². The van der Waals surface area contributed by atoms with Crippen LogP contribution in [-0.4, -0.2) is 4.98 Å². The lowest BCUT2D eigenvalue weighted by Crippen LogP contribution is -1.78. The van der Waals surface area contributed by atoms with Crippen LogP contribution in [0, 0.1) is 5.82 Å². The van der Waals surface area contributed by atoms with Gasteiger partial charge in [0.1, 0.15) is 5.82 Å². The SMILES string of the molecule is Nc1nc2ccc([18F])cc2s1. The lowest BCUT2D eigenvalue weighted by atomic mass is 10.3. The Morgan fingerprint density at radius 1 is 1.45 bits per heavy atom. The van der Waals surface area contributed by atoms with Crippen LogP contribution in [0.1, 0.15) is 0 Å². The molecule has 0 radical (unpaired) electrons. The van der Waals surface area contributed by atoms with Gasteiger partial charge >= 0.3 is 0 Å². The van der Waals surface area contributed by atoms with Crippen LogP contribution in [-0.2, 0) is 0 Å². The van der Waals surface area contributed by atoms with Gasteiger partial charge in [0.25, 0.3) is 0 Å². The second kappa shape index (κ2) is 2.17. The number of anilines is 1. The van der Waals surface area contributed by atoms with Crippen molar-refractivity contribution in [3.05, 3.63) is 24.0 Å². The number of thiazole rings is 1. The molecule has 0 bridgehead atoms. The molecule has 2 rings (SSSR count). The molecular weight excluding hydrogens is 162 g/mol. The second-order valence-electron chi connectivity index (χ2n) is 2.16. The smallest absolute Gasteiger partial charge is 0.181 e. The number of hydrogen-bond acceptors (Lipinski definition) is 3. The first-order valence-corrected chi connectivity index (χ1v) is 3.89. The molecule has 56 valence electrons. The first kappa shape index (κ1) is 6.54. The number of nitrogens with two attached hydrogens (primary N) is 1. The lowest BCUT2D eigenvalue weighted by molar-refractivity contribution is 0.630. The zero-order valence-electron chi connectivity index (χ0n) is 5.54. The monoisotopic (exact) mass is 167 g/mol. The van der Waals surface area contributed by atoms with E-state index in [1.807, 2.05) is 0 Å². The summed E-state index contributed by atoms with van der Waals surface area (Å²) < 4.78 is 13.4. The molecule has 0 saturated carbocycles. The van der Waals surface area contributed by atoms with Crippen LogP contribution < -0.4 is 5.73 Å². The average Bonchev–Trinajstić information content (AvgIpc) is 2.27. The van der Waals surface area contributed by atoms with Crippen molar-refractivity contribution < 1.29 is 4.39 Å². The van der Waals surface area contributed by atoms with Crippen molar-refractivity contribution in [2.45, 2.75) is 0 Å². The van der Waals surface area contributed by atoms with Crippen LogP contribution in [0.2, 0.25) is 0 Å². The Kier molecular flexibility index (Phi) is 1.29. The number of fused-ring (bicyclic) bond motifs is 1. The van der Waals surface area contributed by atoms with E-state index in [2.05, 4.69) is 4.98 Å². The Morgan fingerprint density at radius 2 is 2.27 bits per heavy atom. The molecule has 0 aliphatic heterocycles. The molecule has 0 unspecified atom stereocenters. The molecule has 1 aromatic heterocycles. The van der Waals surface area contributed by atoms with Gasteiger partial charge in [-0.15, -0.1) is 0 Å². The Hall–Kier alpha value is -1.16. The maximum absolute atomic E-state index is 12.6. The minimum atomic E-state index is -0.249. The number of nitrogens with zero attached hydrogens (tertiary/aromatic N) is 1. The van der Waals surface area contributed by atoms with Crippen molar-refractivity contribution in [3.63, 3.8) is 0 Å². The fourth-order valence-electron chi connectivity index (χ4n) is 0.916. The highest BCUT2D eigenvalue weighted by Gasteiger charge is 2.00. The fraction of sp³-hybridized carbons (Fsp3) is 0. The highest BCUT2D eigenvalue weighted by Crippen LogP contribution is 2.23. The van der Waals surface area contributed by atoms with E-state index in [0.29, 0.717) is 5.13 Å². The Balaban J connectivity index is 2.82. The van der Waals surface area contributed by atoms with Crippen LogP contribution >= 0.6 is 11.3 Å². The van der Waals surface area contributed by atoms with E-state index in [4.69, 9.17) is 5.73 Å². The highest BCUT2D eigenvalue weighted by atomic mass is 32.1. The molecule has 2 nitrogen and oxygen atoms in total. The zero-order chi connectivity index (χ0) is 7.84. The maximum Gasteiger partial charge on any atom is 0.181 e. The van der Waals surface area contributed by atoms with E-state index in [1.165, 1.54) is 23.5 Å². The summed E-state index contributed by atoms with van der Waals surface area (Å²) >= 11 is 1.29. The summed E-state index contributed by atoms with van der Waals surface area (Å²) in [5, 5.41) is 0.477. The highest BCUT2D eigenvalue weighted by molar-refractivity contribution is 7.22. The van der Waals surface area contributed by atoms with E-state index >= 15 is 0 Å². The van der Waals surface area contributed by atoms with E-state index in [9.17, 15) is 4.39 Å². The molecule has 0 aliphatic carbocycles. The van der Waals surface area contributed by atoms with E-state index in [-0.39, 0.29) is 5.82 Å². The topological polar surface area (TPSA) is 38.9 Å². The third-order valence-electron chi connectivity index (χ3n) is 1.37. The first-order chi connectivity index (χ1) is 5.25. The van der Waals surface area contributed by atoms with Gasteiger partial charge in [-0.3, -0.25) is 0 Å². The number of nitrogen functional groups attached to an aromatic ring is 1.